The maximum absolute atomic E-state index is 10.8. The average Bonchev–Trinajstić information content (AvgIpc) is 2.13. The Kier molecular flexibility index (Phi) is 3.84. The Morgan fingerprint density at radius 2 is 2.27 bits per heavy atom. The molecule has 0 radical (unpaired) electrons. The normalized spacial score (nSPS) is 11.3. The highest BCUT2D eigenvalue weighted by Gasteiger charge is 2.02. The zero-order valence-corrected chi connectivity index (χ0v) is 9.29. The molecule has 0 bridgehead atoms. The second kappa shape index (κ2) is 4.92. The zero-order chi connectivity index (χ0) is 11.3. The minimum Gasteiger partial charge on any atom is -0.394 e. The number of nitrogen functional groups attached to an aromatic ring is 1. The molecule has 3 N–H and O–H groups in total. The molecule has 15 heavy (non-hydrogen) atoms. The van der Waals surface area contributed by atoms with Gasteiger partial charge in [0.2, 0.25) is 0 Å². The molecular formula is C8H14N4O2S. The topological polar surface area (TPSA) is 98.0 Å². The maximum Gasteiger partial charge on any atom is 0.152 e. The van der Waals surface area contributed by atoms with Crippen molar-refractivity contribution in [2.75, 3.05) is 29.6 Å². The summed E-state index contributed by atoms with van der Waals surface area (Å²) in [5.41, 5.74) is 6.04. The lowest BCUT2D eigenvalue weighted by Crippen LogP contribution is -2.11. The molecule has 0 amide bonds. The minimum atomic E-state index is -2.89. The lowest BCUT2D eigenvalue weighted by molar-refractivity contribution is 0.600. The van der Waals surface area contributed by atoms with Gasteiger partial charge in [0.15, 0.2) is 5.82 Å². The quantitative estimate of drug-likeness (QED) is 0.686. The number of nitrogens with one attached hydrogen (secondary N) is 1. The molecule has 0 aromatic carbocycles. The van der Waals surface area contributed by atoms with E-state index in [2.05, 4.69) is 15.3 Å². The van der Waals surface area contributed by atoms with Gasteiger partial charge >= 0.3 is 0 Å². The second-order valence-corrected chi connectivity index (χ2v) is 5.50. The highest BCUT2D eigenvalue weighted by atomic mass is 32.2. The van der Waals surface area contributed by atoms with Crippen LogP contribution < -0.4 is 11.1 Å². The summed E-state index contributed by atoms with van der Waals surface area (Å²) in [6.45, 7) is 0.522. The average molecular weight is 230 g/mol. The van der Waals surface area contributed by atoms with Gasteiger partial charge in [-0.25, -0.2) is 18.4 Å². The summed E-state index contributed by atoms with van der Waals surface area (Å²) in [6, 6.07) is 0. The molecule has 0 aliphatic rings. The van der Waals surface area contributed by atoms with E-state index in [0.29, 0.717) is 24.5 Å². The van der Waals surface area contributed by atoms with Gasteiger partial charge in [-0.05, 0) is 6.42 Å². The summed E-state index contributed by atoms with van der Waals surface area (Å²) in [4.78, 5) is 7.66. The van der Waals surface area contributed by atoms with E-state index in [1.54, 1.807) is 0 Å². The van der Waals surface area contributed by atoms with Crippen molar-refractivity contribution in [3.63, 3.8) is 0 Å². The summed E-state index contributed by atoms with van der Waals surface area (Å²) in [7, 11) is -2.89. The SMILES string of the molecule is CS(=O)(=O)CCCNc1ncncc1N. The fourth-order valence-corrected chi connectivity index (χ4v) is 1.70. The third kappa shape index (κ3) is 4.59. The fraction of sp³-hybridized carbons (Fsp3) is 0.500. The van der Waals surface area contributed by atoms with Crippen LogP contribution in [0.15, 0.2) is 12.5 Å². The van der Waals surface area contributed by atoms with Gasteiger partial charge in [0, 0.05) is 12.8 Å². The van der Waals surface area contributed by atoms with Crippen LogP contribution in [0, 0.1) is 0 Å². The van der Waals surface area contributed by atoms with Crippen LogP contribution in [-0.2, 0) is 9.84 Å². The largest absolute Gasteiger partial charge is 0.394 e. The molecule has 0 atom stereocenters. The molecule has 0 fully saturated rings. The molecule has 0 aliphatic heterocycles. The highest BCUT2D eigenvalue weighted by molar-refractivity contribution is 7.90. The molecule has 0 saturated carbocycles. The predicted molar refractivity (Wildman–Crippen MR) is 59.3 cm³/mol. The zero-order valence-electron chi connectivity index (χ0n) is 8.47. The van der Waals surface area contributed by atoms with Crippen molar-refractivity contribution in [3.8, 4) is 0 Å². The van der Waals surface area contributed by atoms with E-state index in [0.717, 1.165) is 0 Å². The van der Waals surface area contributed by atoms with Gasteiger partial charge in [-0.1, -0.05) is 0 Å². The number of hydrogen-bond acceptors (Lipinski definition) is 6. The fourth-order valence-electron chi connectivity index (χ4n) is 1.03. The van der Waals surface area contributed by atoms with Crippen LogP contribution >= 0.6 is 0 Å². The predicted octanol–water partition coefficient (Wildman–Crippen LogP) is -0.0946. The van der Waals surface area contributed by atoms with Crippen molar-refractivity contribution < 1.29 is 8.42 Å². The molecule has 1 heterocycles. The molecule has 1 aromatic heterocycles. The molecular weight excluding hydrogens is 216 g/mol. The van der Waals surface area contributed by atoms with Gasteiger partial charge in [0.1, 0.15) is 16.2 Å². The summed E-state index contributed by atoms with van der Waals surface area (Å²) < 4.78 is 21.7. The molecule has 0 aliphatic carbocycles. The van der Waals surface area contributed by atoms with Crippen LogP contribution in [0.1, 0.15) is 6.42 Å². The van der Waals surface area contributed by atoms with Crippen molar-refractivity contribution in [1.29, 1.82) is 0 Å². The summed E-state index contributed by atoms with van der Waals surface area (Å²) in [5, 5.41) is 2.94. The van der Waals surface area contributed by atoms with Crippen LogP contribution in [-0.4, -0.2) is 36.9 Å². The summed E-state index contributed by atoms with van der Waals surface area (Å²) in [6.07, 6.45) is 4.62. The molecule has 0 spiro atoms. The van der Waals surface area contributed by atoms with E-state index in [-0.39, 0.29) is 5.75 Å². The van der Waals surface area contributed by atoms with Crippen LogP contribution in [0.5, 0.6) is 0 Å². The lowest BCUT2D eigenvalue weighted by Gasteiger charge is -2.06. The first kappa shape index (κ1) is 11.7. The van der Waals surface area contributed by atoms with Gasteiger partial charge in [-0.15, -0.1) is 0 Å². The number of rotatable bonds is 5. The van der Waals surface area contributed by atoms with E-state index in [9.17, 15) is 8.42 Å². The Morgan fingerprint density at radius 1 is 1.53 bits per heavy atom. The monoisotopic (exact) mass is 230 g/mol. The summed E-state index contributed by atoms with van der Waals surface area (Å²) in [5.74, 6) is 0.698. The summed E-state index contributed by atoms with van der Waals surface area (Å²) >= 11 is 0. The Balaban J connectivity index is 2.36. The molecule has 0 saturated heterocycles. The van der Waals surface area contributed by atoms with Crippen LogP contribution in [0.25, 0.3) is 0 Å². The Morgan fingerprint density at radius 3 is 2.87 bits per heavy atom. The first-order chi connectivity index (χ1) is 6.99. The first-order valence-electron chi connectivity index (χ1n) is 4.46. The molecule has 0 unspecified atom stereocenters. The Labute approximate surface area is 88.8 Å². The van der Waals surface area contributed by atoms with Crippen LogP contribution in [0.2, 0.25) is 0 Å². The van der Waals surface area contributed by atoms with E-state index < -0.39 is 9.84 Å². The molecule has 6 nitrogen and oxygen atoms in total. The molecule has 7 heteroatoms. The van der Waals surface area contributed by atoms with E-state index in [4.69, 9.17) is 5.73 Å². The number of nitrogens with zero attached hydrogens (tertiary/aromatic N) is 2. The van der Waals surface area contributed by atoms with Crippen molar-refractivity contribution >= 4 is 21.3 Å². The number of sulfone groups is 1. The van der Waals surface area contributed by atoms with Crippen LogP contribution in [0.3, 0.4) is 0 Å². The van der Waals surface area contributed by atoms with Crippen LogP contribution in [0.4, 0.5) is 11.5 Å². The van der Waals surface area contributed by atoms with E-state index >= 15 is 0 Å². The third-order valence-electron chi connectivity index (χ3n) is 1.72. The Hall–Kier alpha value is -1.37. The molecule has 1 aromatic rings. The van der Waals surface area contributed by atoms with Gasteiger partial charge < -0.3 is 11.1 Å². The third-order valence-corrected chi connectivity index (χ3v) is 2.76. The smallest absolute Gasteiger partial charge is 0.152 e. The van der Waals surface area contributed by atoms with Crippen molar-refractivity contribution in [2.24, 2.45) is 0 Å². The van der Waals surface area contributed by atoms with Gasteiger partial charge in [-0.3, -0.25) is 0 Å². The number of hydrogen-bond donors (Lipinski definition) is 2. The Bertz CT molecular complexity index is 418. The minimum absolute atomic E-state index is 0.158. The molecule has 1 rings (SSSR count). The first-order valence-corrected chi connectivity index (χ1v) is 6.52. The molecule has 84 valence electrons. The standard InChI is InChI=1S/C8H14N4O2S/c1-15(13,14)4-2-3-11-8-7(9)5-10-6-12-8/h5-6H,2-4,9H2,1H3,(H,10,11,12). The van der Waals surface area contributed by atoms with Crippen molar-refractivity contribution in [1.82, 2.24) is 9.97 Å². The van der Waals surface area contributed by atoms with E-state index in [1.165, 1.54) is 18.8 Å². The number of anilines is 2. The van der Waals surface area contributed by atoms with Crippen molar-refractivity contribution in [3.05, 3.63) is 12.5 Å². The van der Waals surface area contributed by atoms with Gasteiger partial charge in [-0.2, -0.15) is 0 Å². The maximum atomic E-state index is 10.8. The highest BCUT2D eigenvalue weighted by Crippen LogP contribution is 2.10. The van der Waals surface area contributed by atoms with E-state index in [1.807, 2.05) is 0 Å². The van der Waals surface area contributed by atoms with Gasteiger partial charge in [0.25, 0.3) is 0 Å². The second-order valence-electron chi connectivity index (χ2n) is 3.24. The number of nitrogens with two attached hydrogens (primary N) is 1. The lowest BCUT2D eigenvalue weighted by atomic mass is 10.4. The van der Waals surface area contributed by atoms with Gasteiger partial charge in [0.05, 0.1) is 17.6 Å². The number of aromatic nitrogens is 2. The van der Waals surface area contributed by atoms with Crippen molar-refractivity contribution in [2.45, 2.75) is 6.42 Å².